The summed E-state index contributed by atoms with van der Waals surface area (Å²) in [6, 6.07) is 8.03. The van der Waals surface area contributed by atoms with Gasteiger partial charge < -0.3 is 16.0 Å². The Morgan fingerprint density at radius 2 is 2.07 bits per heavy atom. The minimum atomic E-state index is -0.511. The summed E-state index contributed by atoms with van der Waals surface area (Å²) in [6.07, 6.45) is 4.01. The monoisotopic (exact) mass is 395 g/mol. The number of nitrogen functional groups attached to an aromatic ring is 1. The second-order valence-corrected chi connectivity index (χ2v) is 6.60. The van der Waals surface area contributed by atoms with Gasteiger partial charge in [-0.1, -0.05) is 19.1 Å². The molecule has 3 N–H and O–H groups in total. The highest BCUT2D eigenvalue weighted by Gasteiger charge is 2.19. The second kappa shape index (κ2) is 8.64. The lowest BCUT2D eigenvalue weighted by molar-refractivity contribution is -0.118. The van der Waals surface area contributed by atoms with Gasteiger partial charge in [0.05, 0.1) is 11.4 Å². The maximum absolute atomic E-state index is 14.5. The van der Waals surface area contributed by atoms with E-state index in [1.165, 1.54) is 18.0 Å². The highest BCUT2D eigenvalue weighted by atomic mass is 19.1. The van der Waals surface area contributed by atoms with E-state index in [1.54, 1.807) is 43.5 Å². The molecule has 0 aliphatic carbocycles. The largest absolute Gasteiger partial charge is 0.384 e. The Balaban J connectivity index is 1.66. The molecule has 0 fully saturated rings. The number of amides is 2. The van der Waals surface area contributed by atoms with Crippen molar-refractivity contribution >= 4 is 29.0 Å². The summed E-state index contributed by atoms with van der Waals surface area (Å²) in [6.45, 7) is 2.02. The van der Waals surface area contributed by atoms with E-state index in [0.29, 0.717) is 36.5 Å². The molecule has 29 heavy (non-hydrogen) atoms. The highest BCUT2D eigenvalue weighted by Crippen LogP contribution is 2.23. The highest BCUT2D eigenvalue weighted by molar-refractivity contribution is 6.08. The number of rotatable bonds is 6. The predicted molar refractivity (Wildman–Crippen MR) is 110 cm³/mol. The third-order valence-electron chi connectivity index (χ3n) is 4.60. The Hall–Kier alpha value is -3.55. The molecule has 7 nitrogen and oxygen atoms in total. The van der Waals surface area contributed by atoms with Crippen LogP contribution in [0.1, 0.15) is 30.9 Å². The molecule has 2 heterocycles. The maximum Gasteiger partial charge on any atom is 0.269 e. The normalized spacial score (nSPS) is 12.9. The zero-order valence-electron chi connectivity index (χ0n) is 16.3. The summed E-state index contributed by atoms with van der Waals surface area (Å²) in [5.74, 6) is -0.589. The van der Waals surface area contributed by atoms with Crippen molar-refractivity contribution in [1.82, 2.24) is 10.3 Å². The first-order valence-electron chi connectivity index (χ1n) is 9.21. The van der Waals surface area contributed by atoms with E-state index in [4.69, 9.17) is 5.73 Å². The minimum Gasteiger partial charge on any atom is -0.384 e. The standard InChI is InChI=1S/C21H22FN5O2/c1-3-20(28)27(2)18-8-5-14(10-15(18)22)16-6-7-17(26-16)21(29)25-12-13-4-9-19(23)24-11-13/h4-5,7-11H,3,6,12H2,1-2H3,(H2,23,24)(H,25,29). The Bertz CT molecular complexity index is 999. The summed E-state index contributed by atoms with van der Waals surface area (Å²) in [5, 5.41) is 2.77. The Labute approximate surface area is 168 Å². The van der Waals surface area contributed by atoms with Gasteiger partial charge in [-0.2, -0.15) is 0 Å². The zero-order valence-corrected chi connectivity index (χ0v) is 16.3. The molecule has 0 saturated carbocycles. The second-order valence-electron chi connectivity index (χ2n) is 6.60. The van der Waals surface area contributed by atoms with Crippen LogP contribution in [-0.4, -0.2) is 29.6 Å². The van der Waals surface area contributed by atoms with E-state index in [9.17, 15) is 14.0 Å². The number of carbonyl (C=O) groups excluding carboxylic acids is 2. The van der Waals surface area contributed by atoms with Gasteiger partial charge in [-0.3, -0.25) is 9.59 Å². The average molecular weight is 395 g/mol. The molecule has 0 atom stereocenters. The molecule has 2 amide bonds. The number of aliphatic imine (C=N–C) groups is 1. The first-order chi connectivity index (χ1) is 13.9. The van der Waals surface area contributed by atoms with Gasteiger partial charge in [0.2, 0.25) is 5.91 Å². The molecular weight excluding hydrogens is 373 g/mol. The lowest BCUT2D eigenvalue weighted by atomic mass is 10.1. The number of nitrogens with one attached hydrogen (secondary N) is 1. The number of carbonyl (C=O) groups is 2. The minimum absolute atomic E-state index is 0.174. The van der Waals surface area contributed by atoms with Gasteiger partial charge in [0.25, 0.3) is 5.91 Å². The molecule has 1 aromatic carbocycles. The van der Waals surface area contributed by atoms with Crippen LogP contribution in [0.5, 0.6) is 0 Å². The van der Waals surface area contributed by atoms with Crippen LogP contribution >= 0.6 is 0 Å². The van der Waals surface area contributed by atoms with E-state index < -0.39 is 5.82 Å². The molecule has 1 aliphatic rings. The van der Waals surface area contributed by atoms with Crippen molar-refractivity contribution < 1.29 is 14.0 Å². The lowest BCUT2D eigenvalue weighted by Crippen LogP contribution is -2.26. The number of aromatic nitrogens is 1. The Morgan fingerprint density at radius 1 is 1.28 bits per heavy atom. The fraction of sp³-hybridized carbons (Fsp3) is 0.238. The van der Waals surface area contributed by atoms with Crippen molar-refractivity contribution in [2.45, 2.75) is 26.3 Å². The fourth-order valence-electron chi connectivity index (χ4n) is 2.90. The molecule has 0 spiro atoms. The van der Waals surface area contributed by atoms with E-state index in [1.807, 2.05) is 0 Å². The number of anilines is 2. The van der Waals surface area contributed by atoms with Crippen molar-refractivity contribution in [2.24, 2.45) is 4.99 Å². The van der Waals surface area contributed by atoms with Gasteiger partial charge in [-0.05, 0) is 35.4 Å². The molecule has 0 saturated heterocycles. The molecular formula is C21H22FN5O2. The van der Waals surface area contributed by atoms with Crippen molar-refractivity contribution in [1.29, 1.82) is 0 Å². The molecule has 0 bridgehead atoms. The quantitative estimate of drug-likeness (QED) is 0.785. The van der Waals surface area contributed by atoms with Gasteiger partial charge in [0.15, 0.2) is 0 Å². The SMILES string of the molecule is CCC(=O)N(C)c1ccc(C2=NC(C(=O)NCc3ccc(N)nc3)=CC2)cc1F. The summed E-state index contributed by atoms with van der Waals surface area (Å²) in [4.78, 5) is 33.7. The third-order valence-corrected chi connectivity index (χ3v) is 4.60. The first-order valence-corrected chi connectivity index (χ1v) is 9.21. The molecule has 3 rings (SSSR count). The number of hydrogen-bond acceptors (Lipinski definition) is 5. The number of pyridine rings is 1. The number of nitrogens with zero attached hydrogens (tertiary/aromatic N) is 3. The van der Waals surface area contributed by atoms with Crippen LogP contribution in [0.3, 0.4) is 0 Å². The third kappa shape index (κ3) is 4.66. The van der Waals surface area contributed by atoms with E-state index in [-0.39, 0.29) is 23.2 Å². The van der Waals surface area contributed by atoms with E-state index in [2.05, 4.69) is 15.3 Å². The van der Waals surface area contributed by atoms with Crippen molar-refractivity contribution in [3.63, 3.8) is 0 Å². The molecule has 2 aromatic rings. The fourth-order valence-corrected chi connectivity index (χ4v) is 2.90. The average Bonchev–Trinajstić information content (AvgIpc) is 3.22. The van der Waals surface area contributed by atoms with Gasteiger partial charge >= 0.3 is 0 Å². The molecule has 150 valence electrons. The zero-order chi connectivity index (χ0) is 21.0. The predicted octanol–water partition coefficient (Wildman–Crippen LogP) is 2.57. The number of hydrogen-bond donors (Lipinski definition) is 2. The molecule has 8 heteroatoms. The van der Waals surface area contributed by atoms with Gasteiger partial charge in [0.1, 0.15) is 17.3 Å². The number of benzene rings is 1. The molecule has 1 aliphatic heterocycles. The summed E-state index contributed by atoms with van der Waals surface area (Å²) >= 11 is 0. The smallest absolute Gasteiger partial charge is 0.269 e. The summed E-state index contributed by atoms with van der Waals surface area (Å²) in [5.41, 5.74) is 8.02. The Morgan fingerprint density at radius 3 is 2.72 bits per heavy atom. The van der Waals surface area contributed by atoms with Gasteiger partial charge in [-0.15, -0.1) is 0 Å². The van der Waals surface area contributed by atoms with Crippen LogP contribution in [0.2, 0.25) is 0 Å². The maximum atomic E-state index is 14.5. The van der Waals surface area contributed by atoms with Crippen LogP contribution in [0, 0.1) is 5.82 Å². The summed E-state index contributed by atoms with van der Waals surface area (Å²) in [7, 11) is 1.54. The number of nitrogens with two attached hydrogens (primary N) is 1. The van der Waals surface area contributed by atoms with Gasteiger partial charge in [-0.25, -0.2) is 14.4 Å². The van der Waals surface area contributed by atoms with Crippen LogP contribution in [0.25, 0.3) is 0 Å². The van der Waals surface area contributed by atoms with Crippen molar-refractivity contribution in [3.8, 4) is 0 Å². The summed E-state index contributed by atoms with van der Waals surface area (Å²) < 4.78 is 14.5. The lowest BCUT2D eigenvalue weighted by Gasteiger charge is -2.17. The number of allylic oxidation sites excluding steroid dienone is 1. The van der Waals surface area contributed by atoms with Crippen molar-refractivity contribution in [3.05, 3.63) is 65.2 Å². The Kier molecular flexibility index (Phi) is 6.01. The van der Waals surface area contributed by atoms with Crippen molar-refractivity contribution in [2.75, 3.05) is 17.7 Å². The van der Waals surface area contributed by atoms with Crippen LogP contribution in [-0.2, 0) is 16.1 Å². The topological polar surface area (TPSA) is 101 Å². The number of halogens is 1. The molecule has 0 radical (unpaired) electrons. The molecule has 0 unspecified atom stereocenters. The van der Waals surface area contributed by atoms with E-state index in [0.717, 1.165) is 5.56 Å². The van der Waals surface area contributed by atoms with E-state index >= 15 is 0 Å². The molecule has 1 aromatic heterocycles. The first kappa shape index (κ1) is 20.2. The van der Waals surface area contributed by atoms with Crippen LogP contribution < -0.4 is 16.0 Å². The van der Waals surface area contributed by atoms with Gasteiger partial charge in [0, 0.05) is 32.6 Å². The van der Waals surface area contributed by atoms with Crippen LogP contribution in [0.15, 0.2) is 53.3 Å². The van der Waals surface area contributed by atoms with Crippen LogP contribution in [0.4, 0.5) is 15.9 Å².